The van der Waals surface area contributed by atoms with E-state index in [0.29, 0.717) is 11.3 Å². The largest absolute Gasteiger partial charge is 0.393 e. The molecule has 2 aliphatic rings. The normalized spacial score (nSPS) is 40.3. The van der Waals surface area contributed by atoms with Crippen LogP contribution in [0.5, 0.6) is 0 Å². The molecule has 0 amide bonds. The lowest BCUT2D eigenvalue weighted by molar-refractivity contribution is -0.0266. The predicted octanol–water partition coefficient (Wildman–Crippen LogP) is 4.72. The highest BCUT2D eigenvalue weighted by Crippen LogP contribution is 2.58. The van der Waals surface area contributed by atoms with Crippen LogP contribution in [0.2, 0.25) is 0 Å². The van der Waals surface area contributed by atoms with E-state index in [9.17, 15) is 5.11 Å². The molecule has 0 aromatic heterocycles. The minimum Gasteiger partial charge on any atom is -0.393 e. The number of hydrogen-bond donors (Lipinski definition) is 1. The van der Waals surface area contributed by atoms with E-state index < -0.39 is 0 Å². The number of aliphatic hydroxyl groups excluding tert-OH is 1. The van der Waals surface area contributed by atoms with Gasteiger partial charge in [-0.3, -0.25) is 0 Å². The van der Waals surface area contributed by atoms with Crippen LogP contribution in [0.4, 0.5) is 0 Å². The number of aliphatic hydroxyl groups is 1. The fourth-order valence-electron chi connectivity index (χ4n) is 4.77. The molecule has 2 saturated carbocycles. The van der Waals surface area contributed by atoms with E-state index >= 15 is 0 Å². The standard InChI is InChI=1S/C18H30O/c1-13(2)7-5-8-14(3)15-10-11-16-17(19)9-6-12-18(15,16)4/h5,7,14-17,19H,1,6,8-12H2,2-4H3/b7-5+/t14-,15-,16+,17+,18-/m1/s1. The predicted molar refractivity (Wildman–Crippen MR) is 81.9 cm³/mol. The Morgan fingerprint density at radius 3 is 2.84 bits per heavy atom. The number of fused-ring (bicyclic) bond motifs is 1. The van der Waals surface area contributed by atoms with E-state index in [-0.39, 0.29) is 6.10 Å². The fourth-order valence-corrected chi connectivity index (χ4v) is 4.77. The first-order valence-electron chi connectivity index (χ1n) is 7.95. The zero-order chi connectivity index (χ0) is 14.0. The molecule has 0 aromatic carbocycles. The van der Waals surface area contributed by atoms with Crippen molar-refractivity contribution >= 4 is 0 Å². The molecule has 2 rings (SSSR count). The van der Waals surface area contributed by atoms with E-state index in [2.05, 4.69) is 32.6 Å². The Labute approximate surface area is 118 Å². The number of allylic oxidation sites excluding steroid dienone is 3. The Bertz CT molecular complexity index is 357. The molecule has 108 valence electrons. The second-order valence-electron chi connectivity index (χ2n) is 7.22. The summed E-state index contributed by atoms with van der Waals surface area (Å²) in [6, 6.07) is 0. The van der Waals surface area contributed by atoms with Crippen molar-refractivity contribution in [1.82, 2.24) is 0 Å². The first kappa shape index (κ1) is 14.8. The summed E-state index contributed by atoms with van der Waals surface area (Å²) in [6.07, 6.45) is 11.6. The molecule has 19 heavy (non-hydrogen) atoms. The Morgan fingerprint density at radius 1 is 1.42 bits per heavy atom. The Balaban J connectivity index is 2.02. The molecular weight excluding hydrogens is 232 g/mol. The minimum absolute atomic E-state index is 0.0399. The van der Waals surface area contributed by atoms with Gasteiger partial charge >= 0.3 is 0 Å². The van der Waals surface area contributed by atoms with Crippen LogP contribution in [-0.4, -0.2) is 11.2 Å². The maximum absolute atomic E-state index is 10.3. The van der Waals surface area contributed by atoms with Gasteiger partial charge in [0.05, 0.1) is 6.10 Å². The van der Waals surface area contributed by atoms with Crippen LogP contribution in [0.1, 0.15) is 59.3 Å². The first-order chi connectivity index (χ1) is 8.95. The zero-order valence-electron chi connectivity index (χ0n) is 12.9. The van der Waals surface area contributed by atoms with Gasteiger partial charge in [-0.2, -0.15) is 0 Å². The maximum Gasteiger partial charge on any atom is 0.0573 e. The lowest BCUT2D eigenvalue weighted by Gasteiger charge is -2.45. The highest BCUT2D eigenvalue weighted by Gasteiger charge is 2.51. The van der Waals surface area contributed by atoms with Gasteiger partial charge in [-0.15, -0.1) is 0 Å². The van der Waals surface area contributed by atoms with E-state index in [4.69, 9.17) is 0 Å². The third-order valence-electron chi connectivity index (χ3n) is 5.76. The molecule has 1 heteroatoms. The Morgan fingerprint density at radius 2 is 2.16 bits per heavy atom. The Hall–Kier alpha value is -0.560. The van der Waals surface area contributed by atoms with Gasteiger partial charge in [0.2, 0.25) is 0 Å². The summed E-state index contributed by atoms with van der Waals surface area (Å²) < 4.78 is 0. The molecule has 0 heterocycles. The molecule has 1 N–H and O–H groups in total. The van der Waals surface area contributed by atoms with Crippen molar-refractivity contribution in [3.05, 3.63) is 24.3 Å². The molecule has 2 fully saturated rings. The van der Waals surface area contributed by atoms with Crippen LogP contribution < -0.4 is 0 Å². The minimum atomic E-state index is -0.0399. The van der Waals surface area contributed by atoms with E-state index in [1.807, 2.05) is 6.92 Å². The molecule has 0 radical (unpaired) electrons. The molecule has 0 saturated heterocycles. The van der Waals surface area contributed by atoms with Crippen LogP contribution in [0.25, 0.3) is 0 Å². The van der Waals surface area contributed by atoms with Crippen molar-refractivity contribution in [3.8, 4) is 0 Å². The average Bonchev–Trinajstić information content (AvgIpc) is 2.67. The monoisotopic (exact) mass is 262 g/mol. The van der Waals surface area contributed by atoms with Crippen molar-refractivity contribution in [2.45, 2.75) is 65.4 Å². The van der Waals surface area contributed by atoms with Crippen LogP contribution in [-0.2, 0) is 0 Å². The second kappa shape index (κ2) is 5.83. The average molecular weight is 262 g/mol. The smallest absolute Gasteiger partial charge is 0.0573 e. The van der Waals surface area contributed by atoms with Crippen molar-refractivity contribution < 1.29 is 5.11 Å². The fraction of sp³-hybridized carbons (Fsp3) is 0.778. The molecule has 0 aromatic rings. The van der Waals surface area contributed by atoms with Gasteiger partial charge in [0.1, 0.15) is 0 Å². The Kier molecular flexibility index (Phi) is 4.55. The lowest BCUT2D eigenvalue weighted by atomic mass is 9.61. The van der Waals surface area contributed by atoms with Gasteiger partial charge in [0, 0.05) is 0 Å². The topological polar surface area (TPSA) is 20.2 Å². The van der Waals surface area contributed by atoms with Crippen molar-refractivity contribution in [1.29, 1.82) is 0 Å². The number of rotatable bonds is 4. The molecular formula is C18H30O. The van der Waals surface area contributed by atoms with Crippen LogP contribution >= 0.6 is 0 Å². The van der Waals surface area contributed by atoms with Gasteiger partial charge < -0.3 is 5.11 Å². The van der Waals surface area contributed by atoms with Gasteiger partial charge in [-0.05, 0) is 62.2 Å². The quantitative estimate of drug-likeness (QED) is 0.727. The SMILES string of the molecule is C=C(C)/C=C/C[C@@H](C)[C@H]1CC[C@H]2[C@@H](O)CCC[C@]12C. The van der Waals surface area contributed by atoms with Crippen LogP contribution in [0.3, 0.4) is 0 Å². The third kappa shape index (κ3) is 2.97. The van der Waals surface area contributed by atoms with E-state index in [0.717, 1.165) is 30.3 Å². The molecule has 0 spiro atoms. The summed E-state index contributed by atoms with van der Waals surface area (Å²) in [7, 11) is 0. The number of hydrogen-bond acceptors (Lipinski definition) is 1. The zero-order valence-corrected chi connectivity index (χ0v) is 12.9. The molecule has 2 aliphatic carbocycles. The lowest BCUT2D eigenvalue weighted by Crippen LogP contribution is -2.41. The van der Waals surface area contributed by atoms with E-state index in [1.165, 1.54) is 25.7 Å². The van der Waals surface area contributed by atoms with Crippen LogP contribution in [0.15, 0.2) is 24.3 Å². The third-order valence-corrected chi connectivity index (χ3v) is 5.76. The van der Waals surface area contributed by atoms with Crippen molar-refractivity contribution in [2.24, 2.45) is 23.2 Å². The van der Waals surface area contributed by atoms with Crippen LogP contribution in [0, 0.1) is 23.2 Å². The van der Waals surface area contributed by atoms with Gasteiger partial charge in [-0.1, -0.05) is 44.6 Å². The van der Waals surface area contributed by atoms with Gasteiger partial charge in [-0.25, -0.2) is 0 Å². The van der Waals surface area contributed by atoms with Crippen molar-refractivity contribution in [3.63, 3.8) is 0 Å². The van der Waals surface area contributed by atoms with E-state index in [1.54, 1.807) is 0 Å². The summed E-state index contributed by atoms with van der Waals surface area (Å²) in [5.41, 5.74) is 1.52. The summed E-state index contributed by atoms with van der Waals surface area (Å²) in [6.45, 7) is 10.8. The van der Waals surface area contributed by atoms with Gasteiger partial charge in [0.15, 0.2) is 0 Å². The summed E-state index contributed by atoms with van der Waals surface area (Å²) in [5, 5.41) is 10.3. The molecule has 1 nitrogen and oxygen atoms in total. The molecule has 0 unspecified atom stereocenters. The molecule has 5 atom stereocenters. The molecule has 0 aliphatic heterocycles. The summed E-state index contributed by atoms with van der Waals surface area (Å²) in [5.74, 6) is 2.05. The highest BCUT2D eigenvalue weighted by atomic mass is 16.3. The van der Waals surface area contributed by atoms with Gasteiger partial charge in [0.25, 0.3) is 0 Å². The summed E-state index contributed by atoms with van der Waals surface area (Å²) >= 11 is 0. The second-order valence-corrected chi connectivity index (χ2v) is 7.22. The molecule has 0 bridgehead atoms. The summed E-state index contributed by atoms with van der Waals surface area (Å²) in [4.78, 5) is 0. The highest BCUT2D eigenvalue weighted by molar-refractivity contribution is 5.11. The van der Waals surface area contributed by atoms with Crippen molar-refractivity contribution in [2.75, 3.05) is 0 Å². The first-order valence-corrected chi connectivity index (χ1v) is 7.95. The maximum atomic E-state index is 10.3.